The Morgan fingerprint density at radius 1 is 1.46 bits per heavy atom. The number of rotatable bonds is 2. The van der Waals surface area contributed by atoms with Crippen LogP contribution in [0.4, 0.5) is 4.39 Å². The molecule has 5 heteroatoms. The lowest BCUT2D eigenvalue weighted by Crippen LogP contribution is -2.32. The molecule has 0 aliphatic heterocycles. The van der Waals surface area contributed by atoms with Gasteiger partial charge in [0.25, 0.3) is 0 Å². The van der Waals surface area contributed by atoms with Crippen LogP contribution in [0.1, 0.15) is 6.42 Å². The Kier molecular flexibility index (Phi) is 2.18. The van der Waals surface area contributed by atoms with Gasteiger partial charge < -0.3 is 10.2 Å². The summed E-state index contributed by atoms with van der Waals surface area (Å²) in [7, 11) is 0. The minimum absolute atomic E-state index is 0.0884. The van der Waals surface area contributed by atoms with Gasteiger partial charge in [-0.15, -0.1) is 0 Å². The second kappa shape index (κ2) is 3.01. The van der Waals surface area contributed by atoms with E-state index in [4.69, 9.17) is 10.2 Å². The van der Waals surface area contributed by atoms with Crippen LogP contribution in [0.2, 0.25) is 0 Å². The van der Waals surface area contributed by atoms with Gasteiger partial charge in [-0.1, -0.05) is 6.08 Å². The molecule has 1 rings (SSSR count). The van der Waals surface area contributed by atoms with E-state index in [0.717, 1.165) is 18.2 Å². The number of carboxylic acid groups (broad SMARTS) is 2. The van der Waals surface area contributed by atoms with Gasteiger partial charge in [0, 0.05) is 6.42 Å². The topological polar surface area (TPSA) is 74.6 Å². The number of aliphatic carboxylic acids is 2. The van der Waals surface area contributed by atoms with E-state index >= 15 is 0 Å². The molecular weight excluding hydrogens is 179 g/mol. The Balaban J connectivity index is 2.85. The molecule has 0 spiro atoms. The van der Waals surface area contributed by atoms with Gasteiger partial charge in [-0.3, -0.25) is 0 Å². The van der Waals surface area contributed by atoms with Gasteiger partial charge in [0.2, 0.25) is 5.67 Å². The Hall–Kier alpha value is -1.65. The minimum atomic E-state index is -2.46. The molecule has 0 saturated heterocycles. The summed E-state index contributed by atoms with van der Waals surface area (Å²) in [6, 6.07) is 0. The highest BCUT2D eigenvalue weighted by atomic mass is 19.1. The lowest BCUT2D eigenvalue weighted by atomic mass is 9.94. The molecule has 0 heterocycles. The number of hydrogen-bond acceptors (Lipinski definition) is 2. The van der Waals surface area contributed by atoms with Gasteiger partial charge in [-0.25, -0.2) is 14.0 Å². The summed E-state index contributed by atoms with van der Waals surface area (Å²) in [5, 5.41) is 16.9. The van der Waals surface area contributed by atoms with E-state index in [2.05, 4.69) is 0 Å². The van der Waals surface area contributed by atoms with Crippen molar-refractivity contribution >= 4 is 11.9 Å². The van der Waals surface area contributed by atoms with Crippen molar-refractivity contribution in [1.29, 1.82) is 0 Å². The third kappa shape index (κ3) is 1.74. The van der Waals surface area contributed by atoms with Crippen LogP contribution in [-0.4, -0.2) is 27.8 Å². The molecule has 0 amide bonds. The van der Waals surface area contributed by atoms with Crippen molar-refractivity contribution in [2.24, 2.45) is 0 Å². The lowest BCUT2D eigenvalue weighted by molar-refractivity contribution is -0.147. The smallest absolute Gasteiger partial charge is 0.345 e. The Morgan fingerprint density at radius 3 is 2.38 bits per heavy atom. The van der Waals surface area contributed by atoms with Crippen molar-refractivity contribution in [2.75, 3.05) is 0 Å². The zero-order chi connectivity index (χ0) is 10.1. The van der Waals surface area contributed by atoms with Crippen molar-refractivity contribution in [2.45, 2.75) is 12.1 Å². The number of carboxylic acids is 2. The first kappa shape index (κ1) is 9.44. The van der Waals surface area contributed by atoms with Crippen LogP contribution in [0.25, 0.3) is 0 Å². The highest BCUT2D eigenvalue weighted by molar-refractivity contribution is 5.91. The van der Waals surface area contributed by atoms with Gasteiger partial charge in [-0.05, 0) is 12.2 Å². The fourth-order valence-electron chi connectivity index (χ4n) is 0.934. The molecule has 0 bridgehead atoms. The summed E-state index contributed by atoms with van der Waals surface area (Å²) >= 11 is 0. The molecule has 4 nitrogen and oxygen atoms in total. The average molecular weight is 186 g/mol. The van der Waals surface area contributed by atoms with Crippen molar-refractivity contribution in [3.05, 3.63) is 23.8 Å². The molecule has 0 aromatic heterocycles. The van der Waals surface area contributed by atoms with E-state index < -0.39 is 24.0 Å². The molecule has 70 valence electrons. The highest BCUT2D eigenvalue weighted by Gasteiger charge is 2.36. The van der Waals surface area contributed by atoms with E-state index in [1.165, 1.54) is 0 Å². The highest BCUT2D eigenvalue weighted by Crippen LogP contribution is 2.25. The van der Waals surface area contributed by atoms with Gasteiger partial charge in [-0.2, -0.15) is 0 Å². The SMILES string of the molecule is O=C(O)C1=CCC(F)(C(=O)O)C=C1. The number of alkyl halides is 1. The largest absolute Gasteiger partial charge is 0.479 e. The standard InChI is InChI=1S/C8H7FO4/c9-8(7(12)13)3-1-5(2-4-8)6(10)11/h1-3H,4H2,(H,10,11)(H,12,13). The van der Waals surface area contributed by atoms with E-state index in [1.807, 2.05) is 0 Å². The predicted molar refractivity (Wildman–Crippen MR) is 41.0 cm³/mol. The first-order valence-electron chi connectivity index (χ1n) is 3.51. The van der Waals surface area contributed by atoms with E-state index in [1.54, 1.807) is 0 Å². The maximum atomic E-state index is 13.2. The molecule has 0 saturated carbocycles. The molecule has 13 heavy (non-hydrogen) atoms. The van der Waals surface area contributed by atoms with Crippen LogP contribution in [0.5, 0.6) is 0 Å². The van der Waals surface area contributed by atoms with E-state index in [9.17, 15) is 14.0 Å². The second-order valence-corrected chi connectivity index (χ2v) is 2.67. The van der Waals surface area contributed by atoms with Gasteiger partial charge in [0.05, 0.1) is 5.57 Å². The van der Waals surface area contributed by atoms with Crippen LogP contribution in [0.3, 0.4) is 0 Å². The first-order chi connectivity index (χ1) is 5.96. The quantitative estimate of drug-likeness (QED) is 0.667. The summed E-state index contributed by atoms with van der Waals surface area (Å²) in [6.07, 6.45) is 2.32. The second-order valence-electron chi connectivity index (χ2n) is 2.67. The van der Waals surface area contributed by atoms with E-state index in [0.29, 0.717) is 0 Å². The van der Waals surface area contributed by atoms with Crippen molar-refractivity contribution in [1.82, 2.24) is 0 Å². The van der Waals surface area contributed by atoms with Crippen molar-refractivity contribution in [3.63, 3.8) is 0 Å². The number of allylic oxidation sites excluding steroid dienone is 1. The van der Waals surface area contributed by atoms with Crippen LogP contribution < -0.4 is 0 Å². The molecule has 1 aliphatic rings. The number of hydrogen-bond donors (Lipinski definition) is 2. The first-order valence-corrected chi connectivity index (χ1v) is 3.51. The number of halogens is 1. The summed E-state index contributed by atoms with van der Waals surface area (Å²) in [5.74, 6) is -2.80. The molecule has 0 aromatic rings. The number of carbonyl (C=O) groups is 2. The van der Waals surface area contributed by atoms with Crippen molar-refractivity contribution < 1.29 is 24.2 Å². The Bertz CT molecular complexity index is 318. The van der Waals surface area contributed by atoms with Gasteiger partial charge in [0.1, 0.15) is 0 Å². The van der Waals surface area contributed by atoms with Crippen LogP contribution in [0, 0.1) is 0 Å². The van der Waals surface area contributed by atoms with E-state index in [-0.39, 0.29) is 5.57 Å². The molecule has 1 atom stereocenters. The molecular formula is C8H7FO4. The monoisotopic (exact) mass is 186 g/mol. The maximum Gasteiger partial charge on any atom is 0.345 e. The fourth-order valence-corrected chi connectivity index (χ4v) is 0.934. The Labute approximate surface area is 73.0 Å². The van der Waals surface area contributed by atoms with Crippen LogP contribution in [-0.2, 0) is 9.59 Å². The fraction of sp³-hybridized carbons (Fsp3) is 0.250. The normalized spacial score (nSPS) is 26.7. The molecule has 0 radical (unpaired) electrons. The predicted octanol–water partition coefficient (Wildman–Crippen LogP) is 0.750. The van der Waals surface area contributed by atoms with Crippen molar-refractivity contribution in [3.8, 4) is 0 Å². The Morgan fingerprint density at radius 2 is 2.08 bits per heavy atom. The zero-order valence-corrected chi connectivity index (χ0v) is 6.53. The summed E-state index contributed by atoms with van der Waals surface area (Å²) in [5.41, 5.74) is -2.55. The maximum absolute atomic E-state index is 13.2. The summed E-state index contributed by atoms with van der Waals surface area (Å²) in [4.78, 5) is 20.7. The zero-order valence-electron chi connectivity index (χ0n) is 6.53. The third-order valence-corrected chi connectivity index (χ3v) is 1.75. The molecule has 2 N–H and O–H groups in total. The lowest BCUT2D eigenvalue weighted by Gasteiger charge is -2.17. The van der Waals surface area contributed by atoms with Gasteiger partial charge in [0.15, 0.2) is 0 Å². The third-order valence-electron chi connectivity index (χ3n) is 1.75. The summed E-state index contributed by atoms with van der Waals surface area (Å²) in [6.45, 7) is 0. The molecule has 1 aliphatic carbocycles. The molecule has 1 unspecified atom stereocenters. The summed E-state index contributed by atoms with van der Waals surface area (Å²) < 4.78 is 13.2. The van der Waals surface area contributed by atoms with Crippen LogP contribution in [0.15, 0.2) is 23.8 Å². The van der Waals surface area contributed by atoms with Gasteiger partial charge >= 0.3 is 11.9 Å². The minimum Gasteiger partial charge on any atom is -0.479 e. The van der Waals surface area contributed by atoms with Crippen LogP contribution >= 0.6 is 0 Å². The molecule has 0 aromatic carbocycles. The average Bonchev–Trinajstić information content (AvgIpc) is 2.04. The molecule has 0 fully saturated rings.